The van der Waals surface area contributed by atoms with Crippen LogP contribution in [0.4, 0.5) is 0 Å². The number of nitrogens with one attached hydrogen (secondary N) is 4. The Morgan fingerprint density at radius 2 is 0.763 bits per heavy atom. The van der Waals surface area contributed by atoms with Crippen molar-refractivity contribution < 1.29 is 58.8 Å². The molecule has 0 aromatic carbocycles. The van der Waals surface area contributed by atoms with Crippen LogP contribution in [0.15, 0.2) is 0 Å². The smallest absolute Gasteiger partial charge is 0.303 e. The van der Waals surface area contributed by atoms with Crippen LogP contribution >= 0.6 is 0 Å². The fourth-order valence-corrected chi connectivity index (χ4v) is 3.21. The van der Waals surface area contributed by atoms with Gasteiger partial charge in [-0.15, -0.1) is 0 Å². The van der Waals surface area contributed by atoms with Crippen molar-refractivity contribution in [2.75, 3.05) is 7.05 Å². The number of amides is 3. The zero-order valence-electron chi connectivity index (χ0n) is 21.0. The molecule has 16 nitrogen and oxygen atoms in total. The van der Waals surface area contributed by atoms with Crippen molar-refractivity contribution in [3.8, 4) is 0 Å². The molecule has 38 heavy (non-hydrogen) atoms. The highest BCUT2D eigenvalue weighted by atomic mass is 16.4. The Kier molecular flexibility index (Phi) is 15.5. The van der Waals surface area contributed by atoms with Gasteiger partial charge in [0.05, 0.1) is 12.1 Å². The fraction of sp³-hybridized carbons (Fsp3) is 0.636. The summed E-state index contributed by atoms with van der Waals surface area (Å²) in [6.07, 6.45) is -3.22. The largest absolute Gasteiger partial charge is 0.481 e. The molecule has 4 atom stereocenters. The zero-order chi connectivity index (χ0) is 29.4. The second-order valence-electron chi connectivity index (χ2n) is 8.37. The summed E-state index contributed by atoms with van der Waals surface area (Å²) in [5.41, 5.74) is 0. The van der Waals surface area contributed by atoms with Crippen molar-refractivity contribution >= 4 is 47.4 Å². The quantitative estimate of drug-likeness (QED) is 0.0828. The minimum atomic E-state index is -1.53. The van der Waals surface area contributed by atoms with Gasteiger partial charge in [0, 0.05) is 25.7 Å². The van der Waals surface area contributed by atoms with Crippen LogP contribution in [0.25, 0.3) is 0 Å². The molecule has 0 aliphatic carbocycles. The lowest BCUT2D eigenvalue weighted by Crippen LogP contribution is -2.57. The Labute approximate surface area is 217 Å². The van der Waals surface area contributed by atoms with Crippen LogP contribution in [0.5, 0.6) is 0 Å². The monoisotopic (exact) mass is 546 g/mol. The highest BCUT2D eigenvalue weighted by Crippen LogP contribution is 2.07. The predicted octanol–water partition coefficient (Wildman–Crippen LogP) is -1.92. The Bertz CT molecular complexity index is 907. The molecule has 0 bridgehead atoms. The van der Waals surface area contributed by atoms with Crippen molar-refractivity contribution in [2.45, 2.75) is 82.5 Å². The molecule has 16 heteroatoms. The molecule has 0 fully saturated rings. The average molecular weight is 547 g/mol. The van der Waals surface area contributed by atoms with Gasteiger partial charge >= 0.3 is 23.9 Å². The van der Waals surface area contributed by atoms with Crippen molar-refractivity contribution in [3.63, 3.8) is 0 Å². The van der Waals surface area contributed by atoms with Crippen LogP contribution < -0.4 is 21.3 Å². The first-order valence-corrected chi connectivity index (χ1v) is 11.6. The van der Waals surface area contributed by atoms with Crippen LogP contribution in [-0.2, 0) is 38.4 Å². The lowest BCUT2D eigenvalue weighted by Gasteiger charge is -2.25. The van der Waals surface area contributed by atoms with Crippen LogP contribution in [0, 0.1) is 0 Å². The maximum Gasteiger partial charge on any atom is 0.303 e. The molecule has 0 radical (unpaired) electrons. The van der Waals surface area contributed by atoms with E-state index in [-0.39, 0.29) is 19.3 Å². The number of Topliss-reactive ketones (excluding diaryl/α,β-unsaturated/α-hetero) is 1. The average Bonchev–Trinajstić information content (AvgIpc) is 2.81. The molecule has 4 unspecified atom stereocenters. The first-order valence-electron chi connectivity index (χ1n) is 11.6. The van der Waals surface area contributed by atoms with Crippen LogP contribution in [0.1, 0.15) is 58.3 Å². The second kappa shape index (κ2) is 17.4. The highest BCUT2D eigenvalue weighted by Gasteiger charge is 2.31. The third-order valence-electron chi connectivity index (χ3n) is 5.33. The molecule has 0 saturated heterocycles. The van der Waals surface area contributed by atoms with Gasteiger partial charge in [-0.3, -0.25) is 38.4 Å². The Balaban J connectivity index is 5.73. The number of carboxylic acids is 4. The van der Waals surface area contributed by atoms with Crippen LogP contribution in [0.2, 0.25) is 0 Å². The normalized spacial score (nSPS) is 13.7. The zero-order valence-corrected chi connectivity index (χ0v) is 21.0. The van der Waals surface area contributed by atoms with Crippen molar-refractivity contribution in [3.05, 3.63) is 0 Å². The summed E-state index contributed by atoms with van der Waals surface area (Å²) in [6, 6.07) is -5.28. The summed E-state index contributed by atoms with van der Waals surface area (Å²) in [5.74, 6) is -8.39. The number of rotatable bonds is 20. The lowest BCUT2D eigenvalue weighted by molar-refractivity contribution is -0.140. The van der Waals surface area contributed by atoms with E-state index in [1.807, 2.05) is 0 Å². The van der Waals surface area contributed by atoms with E-state index < -0.39 is 104 Å². The molecule has 0 heterocycles. The maximum atomic E-state index is 13.0. The van der Waals surface area contributed by atoms with E-state index in [0.717, 1.165) is 6.92 Å². The second-order valence-corrected chi connectivity index (χ2v) is 8.37. The minimum absolute atomic E-state index is 0.142. The number of carbonyl (C=O) groups excluding carboxylic acids is 4. The Hall–Kier alpha value is -4.08. The molecule has 8 N–H and O–H groups in total. The van der Waals surface area contributed by atoms with Crippen LogP contribution in [0.3, 0.4) is 0 Å². The summed E-state index contributed by atoms with van der Waals surface area (Å²) in [7, 11) is 1.38. The van der Waals surface area contributed by atoms with E-state index in [9.17, 15) is 38.4 Å². The predicted molar refractivity (Wildman–Crippen MR) is 127 cm³/mol. The summed E-state index contributed by atoms with van der Waals surface area (Å²) < 4.78 is 0. The number of aliphatic carboxylic acids is 4. The number of carboxylic acid groups (broad SMARTS) is 4. The minimum Gasteiger partial charge on any atom is -0.481 e. The standard InChI is InChI=1S/C22H34N4O12/c1-11(27)12(3-7-16(28)29)24-21(37)14(5-9-18(32)33)26-22(38)15(6-10-19(34)35)25-20(36)13(23-2)4-8-17(30)31/h12-15,23H,3-10H2,1-2H3,(H,24,37)(H,25,36)(H,26,38)(H,28,29)(H,30,31)(H,32,33)(H,34,35). The molecule has 0 aromatic rings. The number of likely N-dealkylation sites (N-methyl/N-ethyl adjacent to an activating group) is 1. The van der Waals surface area contributed by atoms with Crippen molar-refractivity contribution in [2.24, 2.45) is 0 Å². The van der Waals surface area contributed by atoms with Gasteiger partial charge in [-0.05, 0) is 39.7 Å². The molecular weight excluding hydrogens is 512 g/mol. The number of hydrogen-bond donors (Lipinski definition) is 8. The highest BCUT2D eigenvalue weighted by molar-refractivity contribution is 5.95. The topological polar surface area (TPSA) is 266 Å². The fourth-order valence-electron chi connectivity index (χ4n) is 3.21. The molecular formula is C22H34N4O12. The molecule has 0 rings (SSSR count). The van der Waals surface area contributed by atoms with Gasteiger partial charge < -0.3 is 41.7 Å². The Morgan fingerprint density at radius 1 is 0.500 bits per heavy atom. The van der Waals surface area contributed by atoms with Gasteiger partial charge in [-0.2, -0.15) is 0 Å². The van der Waals surface area contributed by atoms with Gasteiger partial charge in [0.1, 0.15) is 12.1 Å². The van der Waals surface area contributed by atoms with Gasteiger partial charge in [0.2, 0.25) is 17.7 Å². The molecule has 3 amide bonds. The summed E-state index contributed by atoms with van der Waals surface area (Å²) in [5, 5.41) is 45.1. The third kappa shape index (κ3) is 14.5. The number of carbonyl (C=O) groups is 8. The van der Waals surface area contributed by atoms with Gasteiger partial charge in [0.25, 0.3) is 0 Å². The molecule has 0 aliphatic heterocycles. The van der Waals surface area contributed by atoms with E-state index in [1.165, 1.54) is 7.05 Å². The van der Waals surface area contributed by atoms with E-state index in [1.54, 1.807) is 0 Å². The van der Waals surface area contributed by atoms with Crippen LogP contribution in [-0.4, -0.2) is 99.0 Å². The van der Waals surface area contributed by atoms with E-state index in [4.69, 9.17) is 20.4 Å². The van der Waals surface area contributed by atoms with Gasteiger partial charge in [0.15, 0.2) is 5.78 Å². The first kappa shape index (κ1) is 33.9. The summed E-state index contributed by atoms with van der Waals surface area (Å²) >= 11 is 0. The maximum absolute atomic E-state index is 13.0. The van der Waals surface area contributed by atoms with Crippen molar-refractivity contribution in [1.82, 2.24) is 21.3 Å². The lowest BCUT2D eigenvalue weighted by atomic mass is 10.0. The molecule has 214 valence electrons. The van der Waals surface area contributed by atoms with E-state index >= 15 is 0 Å². The summed E-state index contributed by atoms with van der Waals surface area (Å²) in [4.78, 5) is 93.9. The molecule has 0 aromatic heterocycles. The Morgan fingerprint density at radius 3 is 1.05 bits per heavy atom. The van der Waals surface area contributed by atoms with Gasteiger partial charge in [-0.1, -0.05) is 0 Å². The first-order chi connectivity index (χ1) is 17.7. The van der Waals surface area contributed by atoms with Gasteiger partial charge in [-0.25, -0.2) is 0 Å². The number of ketones is 1. The summed E-state index contributed by atoms with van der Waals surface area (Å²) in [6.45, 7) is 1.11. The third-order valence-corrected chi connectivity index (χ3v) is 5.33. The molecule has 0 aliphatic rings. The number of hydrogen-bond acceptors (Lipinski definition) is 9. The van der Waals surface area contributed by atoms with Crippen molar-refractivity contribution in [1.29, 1.82) is 0 Å². The van der Waals surface area contributed by atoms with E-state index in [0.29, 0.717) is 0 Å². The SMILES string of the molecule is CNC(CCC(=O)O)C(=O)NC(CCC(=O)O)C(=O)NC(CCC(=O)O)C(=O)NC(CCC(=O)O)C(C)=O. The molecule has 0 spiro atoms. The molecule has 0 saturated carbocycles. The van der Waals surface area contributed by atoms with E-state index in [2.05, 4.69) is 21.3 Å².